The quantitative estimate of drug-likeness (QED) is 0.495. The molecular weight excluding hydrogens is 300 g/mol. The Morgan fingerprint density at radius 3 is 2.67 bits per heavy atom. The number of likely N-dealkylation sites (tertiary alicyclic amines) is 1. The second kappa shape index (κ2) is 7.99. The van der Waals surface area contributed by atoms with Gasteiger partial charge in [-0.05, 0) is 30.4 Å². The number of nitrogens with zero attached hydrogens (tertiary/aromatic N) is 2. The van der Waals surface area contributed by atoms with Crippen molar-refractivity contribution in [3.63, 3.8) is 0 Å². The van der Waals surface area contributed by atoms with Crippen molar-refractivity contribution in [2.75, 3.05) is 13.6 Å². The third-order valence-corrected chi connectivity index (χ3v) is 4.67. The van der Waals surface area contributed by atoms with Crippen LogP contribution in [0.3, 0.4) is 0 Å². The van der Waals surface area contributed by atoms with Gasteiger partial charge in [-0.15, -0.1) is 0 Å². The van der Waals surface area contributed by atoms with Gasteiger partial charge in [0.05, 0.1) is 0 Å². The molecule has 1 aliphatic carbocycles. The summed E-state index contributed by atoms with van der Waals surface area (Å²) >= 11 is 0. The zero-order valence-electron chi connectivity index (χ0n) is 14.3. The average Bonchev–Trinajstić information content (AvgIpc) is 3.25. The fourth-order valence-corrected chi connectivity index (χ4v) is 3.26. The van der Waals surface area contributed by atoms with E-state index < -0.39 is 0 Å². The Kier molecular flexibility index (Phi) is 5.51. The third kappa shape index (κ3) is 4.16. The molecule has 1 saturated heterocycles. The Balaban J connectivity index is 1.58. The van der Waals surface area contributed by atoms with Gasteiger partial charge in [0.2, 0.25) is 5.91 Å². The molecule has 5 nitrogen and oxygen atoms in total. The van der Waals surface area contributed by atoms with E-state index in [1.165, 1.54) is 11.1 Å². The van der Waals surface area contributed by atoms with Crippen LogP contribution in [0.15, 0.2) is 41.4 Å². The van der Waals surface area contributed by atoms with Crippen LogP contribution < -0.4 is 10.6 Å². The van der Waals surface area contributed by atoms with E-state index >= 15 is 0 Å². The zero-order valence-corrected chi connectivity index (χ0v) is 14.3. The van der Waals surface area contributed by atoms with E-state index in [-0.39, 0.29) is 5.91 Å². The fraction of sp³-hybridized carbons (Fsp3) is 0.474. The third-order valence-electron chi connectivity index (χ3n) is 4.67. The summed E-state index contributed by atoms with van der Waals surface area (Å²) in [6, 6.07) is 8.75. The number of nitrogens with one attached hydrogen (secondary N) is 2. The molecular formula is C19H26N4O. The molecule has 1 aromatic carbocycles. The first-order valence-corrected chi connectivity index (χ1v) is 8.73. The van der Waals surface area contributed by atoms with Crippen LogP contribution in [0.5, 0.6) is 0 Å². The predicted molar refractivity (Wildman–Crippen MR) is 96.6 cm³/mol. The van der Waals surface area contributed by atoms with Gasteiger partial charge >= 0.3 is 0 Å². The van der Waals surface area contributed by atoms with Gasteiger partial charge in [-0.25, -0.2) is 0 Å². The first-order chi connectivity index (χ1) is 11.8. The Hall–Kier alpha value is -2.30. The lowest BCUT2D eigenvalue weighted by molar-refractivity contribution is -0.128. The predicted octanol–water partition coefficient (Wildman–Crippen LogP) is 2.19. The van der Waals surface area contributed by atoms with Gasteiger partial charge < -0.3 is 15.5 Å². The molecule has 0 aromatic heterocycles. The normalized spacial score (nSPS) is 18.5. The number of guanidine groups is 1. The smallest absolute Gasteiger partial charge is 0.222 e. The molecule has 0 saturated carbocycles. The largest absolute Gasteiger partial charge is 0.353 e. The average molecular weight is 326 g/mol. The second-order valence-corrected chi connectivity index (χ2v) is 6.40. The van der Waals surface area contributed by atoms with Crippen LogP contribution in [0.25, 0.3) is 0 Å². The summed E-state index contributed by atoms with van der Waals surface area (Å²) in [7, 11) is 1.80. The first-order valence-electron chi connectivity index (χ1n) is 8.73. The van der Waals surface area contributed by atoms with Crippen LogP contribution in [0, 0.1) is 0 Å². The van der Waals surface area contributed by atoms with E-state index in [1.807, 2.05) is 17.0 Å². The van der Waals surface area contributed by atoms with Gasteiger partial charge in [0.1, 0.15) is 0 Å². The van der Waals surface area contributed by atoms with Crippen LogP contribution in [0.4, 0.5) is 0 Å². The molecule has 128 valence electrons. The molecule has 1 fully saturated rings. The highest BCUT2D eigenvalue weighted by Gasteiger charge is 2.21. The Labute approximate surface area is 143 Å². The number of amides is 1. The summed E-state index contributed by atoms with van der Waals surface area (Å²) < 4.78 is 0. The lowest BCUT2D eigenvalue weighted by atomic mass is 10.1. The fourth-order valence-electron chi connectivity index (χ4n) is 3.26. The van der Waals surface area contributed by atoms with Crippen molar-refractivity contribution in [3.05, 3.63) is 47.5 Å². The van der Waals surface area contributed by atoms with Crippen molar-refractivity contribution < 1.29 is 4.79 Å². The maximum Gasteiger partial charge on any atom is 0.222 e. The minimum atomic E-state index is 0.268. The van der Waals surface area contributed by atoms with Crippen LogP contribution >= 0.6 is 0 Å². The van der Waals surface area contributed by atoms with Crippen molar-refractivity contribution in [2.24, 2.45) is 4.99 Å². The molecule has 0 spiro atoms. The molecule has 2 N–H and O–H groups in total. The van der Waals surface area contributed by atoms with E-state index in [0.717, 1.165) is 31.8 Å². The molecule has 1 amide bonds. The van der Waals surface area contributed by atoms with Crippen molar-refractivity contribution in [3.8, 4) is 0 Å². The molecule has 0 bridgehead atoms. The van der Waals surface area contributed by atoms with E-state index in [2.05, 4.69) is 39.9 Å². The summed E-state index contributed by atoms with van der Waals surface area (Å²) in [6.45, 7) is 2.28. The van der Waals surface area contributed by atoms with Gasteiger partial charge in [0.15, 0.2) is 5.96 Å². The number of carbonyl (C=O) groups excluding carboxylic acids is 1. The highest BCUT2D eigenvalue weighted by molar-refractivity contribution is 5.80. The van der Waals surface area contributed by atoms with E-state index in [4.69, 9.17) is 0 Å². The summed E-state index contributed by atoms with van der Waals surface area (Å²) in [5, 5.41) is 6.84. The van der Waals surface area contributed by atoms with Gasteiger partial charge in [0.25, 0.3) is 0 Å². The number of carbonyl (C=O) groups is 1. The van der Waals surface area contributed by atoms with Crippen LogP contribution in [-0.2, 0) is 17.9 Å². The van der Waals surface area contributed by atoms with E-state index in [9.17, 15) is 4.79 Å². The van der Waals surface area contributed by atoms with Crippen LogP contribution in [0.1, 0.15) is 36.8 Å². The Morgan fingerprint density at radius 2 is 2.00 bits per heavy atom. The van der Waals surface area contributed by atoms with E-state index in [1.54, 1.807) is 7.05 Å². The topological polar surface area (TPSA) is 56.7 Å². The lowest BCUT2D eigenvalue weighted by Crippen LogP contribution is -2.42. The molecule has 1 aromatic rings. The standard InChI is InChI=1S/C19H26N4O/c1-20-19(22-17-9-4-5-10-17)21-13-15-7-2-3-8-16(15)14-23-12-6-11-18(23)24/h2-5,7-8,17H,6,9-14H2,1H3,(H2,20,21,22). The minimum Gasteiger partial charge on any atom is -0.353 e. The lowest BCUT2D eigenvalue weighted by Gasteiger charge is -2.20. The SMILES string of the molecule is CN=C(NCc1ccccc1CN1CCCC1=O)NC1CC=CC1. The number of benzene rings is 1. The maximum atomic E-state index is 11.9. The molecule has 0 radical (unpaired) electrons. The molecule has 0 atom stereocenters. The minimum absolute atomic E-state index is 0.268. The van der Waals surface area contributed by atoms with Crippen molar-refractivity contribution in [1.82, 2.24) is 15.5 Å². The first kappa shape index (κ1) is 16.6. The van der Waals surface area contributed by atoms with Gasteiger partial charge in [-0.2, -0.15) is 0 Å². The summed E-state index contributed by atoms with van der Waals surface area (Å²) in [5.74, 6) is 1.10. The molecule has 2 aliphatic rings. The Bertz CT molecular complexity index is 630. The van der Waals surface area contributed by atoms with Gasteiger partial charge in [-0.3, -0.25) is 9.79 Å². The van der Waals surface area contributed by atoms with Crippen LogP contribution in [-0.4, -0.2) is 36.4 Å². The molecule has 0 unspecified atom stereocenters. The van der Waals surface area contributed by atoms with Gasteiger partial charge in [0, 0.05) is 39.1 Å². The molecule has 5 heteroatoms. The highest BCUT2D eigenvalue weighted by Crippen LogP contribution is 2.17. The zero-order chi connectivity index (χ0) is 16.8. The van der Waals surface area contributed by atoms with Crippen molar-refractivity contribution in [2.45, 2.75) is 44.8 Å². The maximum absolute atomic E-state index is 11.9. The number of aliphatic imine (C=N–C) groups is 1. The molecule has 1 aliphatic heterocycles. The number of hydrogen-bond acceptors (Lipinski definition) is 2. The van der Waals surface area contributed by atoms with Crippen LogP contribution in [0.2, 0.25) is 0 Å². The summed E-state index contributed by atoms with van der Waals surface area (Å²) in [6.07, 6.45) is 8.17. The van der Waals surface area contributed by atoms with Gasteiger partial charge in [-0.1, -0.05) is 36.4 Å². The number of rotatable bonds is 5. The van der Waals surface area contributed by atoms with Crippen molar-refractivity contribution >= 4 is 11.9 Å². The Morgan fingerprint density at radius 1 is 1.25 bits per heavy atom. The second-order valence-electron chi connectivity index (χ2n) is 6.40. The molecule has 1 heterocycles. The molecule has 24 heavy (non-hydrogen) atoms. The highest BCUT2D eigenvalue weighted by atomic mass is 16.2. The molecule has 3 rings (SSSR count). The number of hydrogen-bond donors (Lipinski definition) is 2. The monoisotopic (exact) mass is 326 g/mol. The summed E-state index contributed by atoms with van der Waals surface area (Å²) in [4.78, 5) is 18.1. The van der Waals surface area contributed by atoms with E-state index in [0.29, 0.717) is 25.6 Å². The summed E-state index contributed by atoms with van der Waals surface area (Å²) in [5.41, 5.74) is 2.42. The van der Waals surface area contributed by atoms with Crippen molar-refractivity contribution in [1.29, 1.82) is 0 Å².